The summed E-state index contributed by atoms with van der Waals surface area (Å²) in [5.74, 6) is 0. The molecule has 2 amide bonds. The van der Waals surface area contributed by atoms with Crippen LogP contribution in [0.3, 0.4) is 0 Å². The van der Waals surface area contributed by atoms with Crippen LogP contribution in [0.4, 0.5) is 16.2 Å². The molecular weight excluding hydrogens is 292 g/mol. The number of thioether (sulfide) groups is 1. The Morgan fingerprint density at radius 3 is 2.73 bits per heavy atom. The van der Waals surface area contributed by atoms with E-state index in [1.807, 2.05) is 53.1 Å². The van der Waals surface area contributed by atoms with E-state index in [0.29, 0.717) is 5.25 Å². The van der Waals surface area contributed by atoms with Crippen LogP contribution in [0.15, 0.2) is 47.4 Å². The fraction of sp³-hybridized carbons (Fsp3) is 0.278. The van der Waals surface area contributed by atoms with Gasteiger partial charge in [0, 0.05) is 22.4 Å². The minimum atomic E-state index is -0.0668. The molecule has 0 aliphatic carbocycles. The van der Waals surface area contributed by atoms with Gasteiger partial charge >= 0.3 is 6.03 Å². The average Bonchev–Trinajstić information content (AvgIpc) is 2.50. The highest BCUT2D eigenvalue weighted by molar-refractivity contribution is 8.00. The number of urea groups is 1. The van der Waals surface area contributed by atoms with E-state index in [1.165, 1.54) is 11.1 Å². The highest BCUT2D eigenvalue weighted by Gasteiger charge is 2.26. The number of nitrogens with zero attached hydrogens (tertiary/aromatic N) is 1. The molecule has 114 valence electrons. The van der Waals surface area contributed by atoms with Gasteiger partial charge in [-0.2, -0.15) is 0 Å². The zero-order valence-electron chi connectivity index (χ0n) is 13.1. The van der Waals surface area contributed by atoms with Crippen LogP contribution < -0.4 is 10.2 Å². The molecule has 4 heteroatoms. The van der Waals surface area contributed by atoms with Crippen LogP contribution in [0, 0.1) is 13.8 Å². The summed E-state index contributed by atoms with van der Waals surface area (Å²) in [7, 11) is 0. The van der Waals surface area contributed by atoms with Gasteiger partial charge in [0.05, 0.1) is 5.69 Å². The number of hydrogen-bond acceptors (Lipinski definition) is 2. The molecule has 2 aromatic rings. The molecule has 1 N–H and O–H groups in total. The number of para-hydroxylation sites is 1. The fourth-order valence-corrected chi connectivity index (χ4v) is 3.70. The monoisotopic (exact) mass is 312 g/mol. The van der Waals surface area contributed by atoms with Gasteiger partial charge in [-0.05, 0) is 49.2 Å². The Hall–Kier alpha value is -1.94. The third-order valence-corrected chi connectivity index (χ3v) is 5.08. The third-order valence-electron chi connectivity index (χ3n) is 3.93. The van der Waals surface area contributed by atoms with E-state index in [1.54, 1.807) is 0 Å². The normalized spacial score (nSPS) is 17.0. The van der Waals surface area contributed by atoms with E-state index in [0.717, 1.165) is 22.8 Å². The number of nitrogens with one attached hydrogen (secondary N) is 1. The van der Waals surface area contributed by atoms with Crippen molar-refractivity contribution in [2.75, 3.05) is 16.8 Å². The van der Waals surface area contributed by atoms with E-state index in [2.05, 4.69) is 32.2 Å². The average molecular weight is 312 g/mol. The summed E-state index contributed by atoms with van der Waals surface area (Å²) in [6, 6.07) is 14.0. The van der Waals surface area contributed by atoms with Crippen molar-refractivity contribution in [3.05, 3.63) is 53.6 Å². The maximum absolute atomic E-state index is 12.7. The summed E-state index contributed by atoms with van der Waals surface area (Å²) in [5, 5.41) is 3.41. The van der Waals surface area contributed by atoms with Crippen molar-refractivity contribution in [2.45, 2.75) is 30.9 Å². The topological polar surface area (TPSA) is 32.3 Å². The minimum absolute atomic E-state index is 0.0668. The lowest BCUT2D eigenvalue weighted by atomic mass is 10.1. The number of anilines is 2. The highest BCUT2D eigenvalue weighted by Crippen LogP contribution is 2.38. The zero-order valence-corrected chi connectivity index (χ0v) is 13.9. The number of hydrogen-bond donors (Lipinski definition) is 1. The first kappa shape index (κ1) is 15.0. The second kappa shape index (κ2) is 6.05. The maximum atomic E-state index is 12.7. The molecule has 1 aliphatic rings. The summed E-state index contributed by atoms with van der Waals surface area (Å²) < 4.78 is 0. The number of aryl methyl sites for hydroxylation is 2. The molecule has 3 nitrogen and oxygen atoms in total. The minimum Gasteiger partial charge on any atom is -0.308 e. The Kier molecular flexibility index (Phi) is 4.12. The van der Waals surface area contributed by atoms with E-state index in [9.17, 15) is 4.79 Å². The Morgan fingerprint density at radius 2 is 1.95 bits per heavy atom. The van der Waals surface area contributed by atoms with Gasteiger partial charge in [-0.15, -0.1) is 11.8 Å². The van der Waals surface area contributed by atoms with Crippen molar-refractivity contribution in [1.82, 2.24) is 0 Å². The van der Waals surface area contributed by atoms with Crippen molar-refractivity contribution in [2.24, 2.45) is 0 Å². The smallest absolute Gasteiger partial charge is 0.308 e. The first-order chi connectivity index (χ1) is 10.5. The summed E-state index contributed by atoms with van der Waals surface area (Å²) in [5.41, 5.74) is 4.25. The molecule has 3 rings (SSSR count). The van der Waals surface area contributed by atoms with Gasteiger partial charge in [0.2, 0.25) is 0 Å². The Morgan fingerprint density at radius 1 is 1.18 bits per heavy atom. The number of benzene rings is 2. The highest BCUT2D eigenvalue weighted by atomic mass is 32.2. The first-order valence-corrected chi connectivity index (χ1v) is 8.34. The predicted molar refractivity (Wildman–Crippen MR) is 94.0 cm³/mol. The standard InChI is InChI=1S/C18H20N2OS/c1-12-8-9-15(10-13(12)2)19-18(21)20-11-14(3)22-17-7-5-4-6-16(17)20/h4-10,14H,11H2,1-3H3,(H,19,21). The van der Waals surface area contributed by atoms with Crippen LogP contribution in [0.5, 0.6) is 0 Å². The second-order valence-electron chi connectivity index (χ2n) is 5.74. The van der Waals surface area contributed by atoms with Crippen molar-refractivity contribution >= 4 is 29.2 Å². The van der Waals surface area contributed by atoms with Crippen molar-refractivity contribution < 1.29 is 4.79 Å². The lowest BCUT2D eigenvalue weighted by molar-refractivity contribution is 0.256. The van der Waals surface area contributed by atoms with E-state index >= 15 is 0 Å². The van der Waals surface area contributed by atoms with E-state index in [-0.39, 0.29) is 6.03 Å². The lowest BCUT2D eigenvalue weighted by Gasteiger charge is -2.32. The number of carbonyl (C=O) groups excluding carboxylic acids is 1. The number of amides is 2. The fourth-order valence-electron chi connectivity index (χ4n) is 2.59. The van der Waals surface area contributed by atoms with Gasteiger partial charge in [-0.3, -0.25) is 4.90 Å². The van der Waals surface area contributed by atoms with Crippen molar-refractivity contribution in [1.29, 1.82) is 0 Å². The van der Waals surface area contributed by atoms with Gasteiger partial charge in [0.15, 0.2) is 0 Å². The molecule has 2 aromatic carbocycles. The number of fused-ring (bicyclic) bond motifs is 1. The van der Waals surface area contributed by atoms with Gasteiger partial charge in [0.1, 0.15) is 0 Å². The van der Waals surface area contributed by atoms with Gasteiger partial charge in [-0.25, -0.2) is 4.79 Å². The van der Waals surface area contributed by atoms with Crippen LogP contribution in [-0.2, 0) is 0 Å². The molecule has 1 aliphatic heterocycles. The van der Waals surface area contributed by atoms with Gasteiger partial charge < -0.3 is 5.32 Å². The van der Waals surface area contributed by atoms with E-state index < -0.39 is 0 Å². The maximum Gasteiger partial charge on any atom is 0.326 e. The van der Waals surface area contributed by atoms with Gasteiger partial charge in [-0.1, -0.05) is 25.1 Å². The molecule has 0 radical (unpaired) electrons. The quantitative estimate of drug-likeness (QED) is 0.817. The molecule has 1 atom stereocenters. The molecule has 0 aromatic heterocycles. The molecule has 0 fully saturated rings. The lowest BCUT2D eigenvalue weighted by Crippen LogP contribution is -2.41. The molecule has 0 saturated carbocycles. The van der Waals surface area contributed by atoms with E-state index in [4.69, 9.17) is 0 Å². The summed E-state index contributed by atoms with van der Waals surface area (Å²) in [6.45, 7) is 7.00. The first-order valence-electron chi connectivity index (χ1n) is 7.46. The Balaban J connectivity index is 1.84. The SMILES string of the molecule is Cc1ccc(NC(=O)N2CC(C)Sc3ccccc32)cc1C. The summed E-state index contributed by atoms with van der Waals surface area (Å²) in [4.78, 5) is 15.7. The Labute approximate surface area is 135 Å². The zero-order chi connectivity index (χ0) is 15.7. The predicted octanol–water partition coefficient (Wildman–Crippen LogP) is 4.84. The number of carbonyl (C=O) groups is 1. The molecule has 0 bridgehead atoms. The Bertz CT molecular complexity index is 714. The molecule has 1 unspecified atom stereocenters. The molecular formula is C18H20N2OS. The third kappa shape index (κ3) is 2.97. The largest absolute Gasteiger partial charge is 0.326 e. The molecule has 22 heavy (non-hydrogen) atoms. The van der Waals surface area contributed by atoms with Crippen LogP contribution in [0.25, 0.3) is 0 Å². The molecule has 1 heterocycles. The second-order valence-corrected chi connectivity index (χ2v) is 7.22. The van der Waals surface area contributed by atoms with Crippen molar-refractivity contribution in [3.63, 3.8) is 0 Å². The van der Waals surface area contributed by atoms with Crippen LogP contribution in [0.1, 0.15) is 18.1 Å². The molecule has 0 saturated heterocycles. The number of rotatable bonds is 1. The summed E-state index contributed by atoms with van der Waals surface area (Å²) in [6.07, 6.45) is 0. The van der Waals surface area contributed by atoms with Crippen LogP contribution in [-0.4, -0.2) is 17.8 Å². The van der Waals surface area contributed by atoms with Crippen LogP contribution >= 0.6 is 11.8 Å². The molecule has 0 spiro atoms. The van der Waals surface area contributed by atoms with Gasteiger partial charge in [0.25, 0.3) is 0 Å². The van der Waals surface area contributed by atoms with Crippen molar-refractivity contribution in [3.8, 4) is 0 Å². The summed E-state index contributed by atoms with van der Waals surface area (Å²) >= 11 is 1.82. The van der Waals surface area contributed by atoms with Crippen LogP contribution in [0.2, 0.25) is 0 Å².